The highest BCUT2D eigenvalue weighted by molar-refractivity contribution is 4.91. The minimum Gasteiger partial charge on any atom is -0.396 e. The van der Waals surface area contributed by atoms with Crippen LogP contribution in [0.25, 0.3) is 10.4 Å². The van der Waals surface area contributed by atoms with Crippen LogP contribution in [0.3, 0.4) is 0 Å². The molecule has 0 heterocycles. The lowest BCUT2D eigenvalue weighted by Gasteiger charge is -2.06. The quantitative estimate of drug-likeness (QED) is 0.256. The minimum atomic E-state index is -0.451. The van der Waals surface area contributed by atoms with Crippen LogP contribution >= 0.6 is 0 Å². The number of nitrogens with zero attached hydrogens (tertiary/aromatic N) is 4. The minimum absolute atomic E-state index is 0.0899. The first-order valence-electron chi connectivity index (χ1n) is 3.60. The highest BCUT2D eigenvalue weighted by Gasteiger charge is 2.02. The van der Waals surface area contributed by atoms with Gasteiger partial charge >= 0.3 is 0 Å². The number of aliphatic hydroxyl groups excluding tert-OH is 1. The molecule has 0 aliphatic rings. The second kappa shape index (κ2) is 7.82. The fraction of sp³-hybridized carbons (Fsp3) is 0.833. The van der Waals surface area contributed by atoms with Gasteiger partial charge in [-0.1, -0.05) is 5.11 Å². The summed E-state index contributed by atoms with van der Waals surface area (Å²) in [7, 11) is 0. The summed E-state index contributed by atoms with van der Waals surface area (Å²) in [6.45, 7) is 0.765. The van der Waals surface area contributed by atoms with E-state index in [1.165, 1.54) is 0 Å². The molecule has 1 unspecified atom stereocenters. The SMILES string of the molecule is N#CC(CN=[N+]=[N-])NCCCO. The molecule has 0 amide bonds. The van der Waals surface area contributed by atoms with E-state index in [9.17, 15) is 0 Å². The van der Waals surface area contributed by atoms with Crippen molar-refractivity contribution in [3.05, 3.63) is 10.4 Å². The molecular formula is C6H11N5O. The molecule has 0 aliphatic carbocycles. The van der Waals surface area contributed by atoms with Gasteiger partial charge in [0.2, 0.25) is 0 Å². The third-order valence-electron chi connectivity index (χ3n) is 1.21. The summed E-state index contributed by atoms with van der Waals surface area (Å²) >= 11 is 0. The molecule has 0 spiro atoms. The van der Waals surface area contributed by atoms with Gasteiger partial charge in [-0.15, -0.1) is 0 Å². The van der Waals surface area contributed by atoms with Crippen molar-refractivity contribution < 1.29 is 5.11 Å². The van der Waals surface area contributed by atoms with Crippen LogP contribution in [0.2, 0.25) is 0 Å². The second-order valence-corrected chi connectivity index (χ2v) is 2.13. The van der Waals surface area contributed by atoms with Gasteiger partial charge in [0.05, 0.1) is 12.6 Å². The summed E-state index contributed by atoms with van der Waals surface area (Å²) in [5.41, 5.74) is 7.96. The van der Waals surface area contributed by atoms with E-state index in [2.05, 4.69) is 15.3 Å². The number of hydrogen-bond donors (Lipinski definition) is 2. The number of azide groups is 1. The van der Waals surface area contributed by atoms with E-state index in [0.29, 0.717) is 13.0 Å². The lowest BCUT2D eigenvalue weighted by molar-refractivity contribution is 0.285. The van der Waals surface area contributed by atoms with Crippen molar-refractivity contribution in [3.8, 4) is 6.07 Å². The van der Waals surface area contributed by atoms with Gasteiger partial charge in [0.1, 0.15) is 6.04 Å². The number of rotatable bonds is 6. The molecule has 0 fully saturated rings. The topological polar surface area (TPSA) is 105 Å². The molecule has 0 saturated carbocycles. The molecule has 12 heavy (non-hydrogen) atoms. The van der Waals surface area contributed by atoms with E-state index >= 15 is 0 Å². The highest BCUT2D eigenvalue weighted by atomic mass is 16.3. The third-order valence-corrected chi connectivity index (χ3v) is 1.21. The van der Waals surface area contributed by atoms with Crippen molar-refractivity contribution in [1.29, 1.82) is 5.26 Å². The number of nitriles is 1. The molecular weight excluding hydrogens is 158 g/mol. The number of nitrogens with one attached hydrogen (secondary N) is 1. The Morgan fingerprint density at radius 1 is 1.75 bits per heavy atom. The fourth-order valence-corrected chi connectivity index (χ4v) is 0.625. The molecule has 0 rings (SSSR count). The molecule has 6 heteroatoms. The Morgan fingerprint density at radius 3 is 3.00 bits per heavy atom. The van der Waals surface area contributed by atoms with Crippen molar-refractivity contribution in [2.45, 2.75) is 12.5 Å². The lowest BCUT2D eigenvalue weighted by Crippen LogP contribution is -2.31. The largest absolute Gasteiger partial charge is 0.396 e. The van der Waals surface area contributed by atoms with E-state index in [1.807, 2.05) is 6.07 Å². The average molecular weight is 169 g/mol. The predicted octanol–water partition coefficient (Wildman–Crippen LogP) is 0.161. The summed E-state index contributed by atoms with van der Waals surface area (Å²) in [4.78, 5) is 2.54. The Labute approximate surface area is 70.4 Å². The zero-order valence-corrected chi connectivity index (χ0v) is 6.64. The lowest BCUT2D eigenvalue weighted by atomic mass is 10.3. The van der Waals surface area contributed by atoms with Crippen LogP contribution in [-0.4, -0.2) is 30.8 Å². The zero-order chi connectivity index (χ0) is 9.23. The maximum atomic E-state index is 8.49. The first kappa shape index (κ1) is 10.7. The number of hydrogen-bond acceptors (Lipinski definition) is 4. The molecule has 0 saturated heterocycles. The Hall–Kier alpha value is -1.28. The maximum absolute atomic E-state index is 8.49. The van der Waals surface area contributed by atoms with Crippen molar-refractivity contribution in [3.63, 3.8) is 0 Å². The molecule has 6 nitrogen and oxygen atoms in total. The Kier molecular flexibility index (Phi) is 6.99. The Bertz CT molecular complexity index is 193. The van der Waals surface area contributed by atoms with Gasteiger partial charge in [-0.3, -0.25) is 0 Å². The van der Waals surface area contributed by atoms with Crippen molar-refractivity contribution in [1.82, 2.24) is 5.32 Å². The van der Waals surface area contributed by atoms with Gasteiger partial charge in [0, 0.05) is 11.5 Å². The normalized spacial score (nSPS) is 11.3. The molecule has 0 aromatic rings. The van der Waals surface area contributed by atoms with Gasteiger partial charge in [0.15, 0.2) is 0 Å². The standard InChI is InChI=1S/C6H11N5O/c7-4-6(5-10-11-8)9-2-1-3-12/h6,9,12H,1-3,5H2. The second-order valence-electron chi connectivity index (χ2n) is 2.13. The van der Waals surface area contributed by atoms with Crippen molar-refractivity contribution in [2.24, 2.45) is 5.11 Å². The summed E-state index contributed by atoms with van der Waals surface area (Å²) < 4.78 is 0. The van der Waals surface area contributed by atoms with E-state index in [0.717, 1.165) is 0 Å². The summed E-state index contributed by atoms with van der Waals surface area (Å²) in [5.74, 6) is 0. The highest BCUT2D eigenvalue weighted by Crippen LogP contribution is 1.84. The van der Waals surface area contributed by atoms with Crippen LogP contribution in [0.1, 0.15) is 6.42 Å². The zero-order valence-electron chi connectivity index (χ0n) is 6.64. The predicted molar refractivity (Wildman–Crippen MR) is 43.1 cm³/mol. The third kappa shape index (κ3) is 5.50. The van der Waals surface area contributed by atoms with Gasteiger partial charge in [-0.05, 0) is 18.5 Å². The van der Waals surface area contributed by atoms with E-state index in [1.54, 1.807) is 0 Å². The molecule has 66 valence electrons. The fourth-order valence-electron chi connectivity index (χ4n) is 0.625. The molecule has 0 aliphatic heterocycles. The summed E-state index contributed by atoms with van der Waals surface area (Å²) in [6.07, 6.45) is 0.592. The molecule has 0 bridgehead atoms. The summed E-state index contributed by atoms with van der Waals surface area (Å²) in [5, 5.41) is 23.0. The van der Waals surface area contributed by atoms with Crippen LogP contribution < -0.4 is 5.32 Å². The molecule has 0 radical (unpaired) electrons. The Balaban J connectivity index is 3.54. The first-order valence-corrected chi connectivity index (χ1v) is 3.60. The van der Waals surface area contributed by atoms with Crippen molar-refractivity contribution in [2.75, 3.05) is 19.7 Å². The monoisotopic (exact) mass is 169 g/mol. The van der Waals surface area contributed by atoms with E-state index < -0.39 is 6.04 Å². The number of aliphatic hydroxyl groups is 1. The van der Waals surface area contributed by atoms with Crippen LogP contribution in [0, 0.1) is 11.3 Å². The van der Waals surface area contributed by atoms with Gasteiger partial charge < -0.3 is 10.4 Å². The van der Waals surface area contributed by atoms with Crippen molar-refractivity contribution >= 4 is 0 Å². The van der Waals surface area contributed by atoms with Gasteiger partial charge in [-0.25, -0.2) is 0 Å². The Morgan fingerprint density at radius 2 is 2.50 bits per heavy atom. The molecule has 2 N–H and O–H groups in total. The van der Waals surface area contributed by atoms with Gasteiger partial charge in [-0.2, -0.15) is 5.26 Å². The molecule has 0 aromatic carbocycles. The van der Waals surface area contributed by atoms with Crippen LogP contribution in [0.15, 0.2) is 5.11 Å². The van der Waals surface area contributed by atoms with E-state index in [4.69, 9.17) is 15.9 Å². The summed E-state index contributed by atoms with van der Waals surface area (Å²) in [6, 6.07) is 1.49. The smallest absolute Gasteiger partial charge is 0.101 e. The van der Waals surface area contributed by atoms with Gasteiger partial charge in [0.25, 0.3) is 0 Å². The maximum Gasteiger partial charge on any atom is 0.101 e. The molecule has 1 atom stereocenters. The van der Waals surface area contributed by atoms with E-state index in [-0.39, 0.29) is 13.2 Å². The van der Waals surface area contributed by atoms with Crippen LogP contribution in [-0.2, 0) is 0 Å². The van der Waals surface area contributed by atoms with Crippen LogP contribution in [0.4, 0.5) is 0 Å². The van der Waals surface area contributed by atoms with Crippen LogP contribution in [0.5, 0.6) is 0 Å². The first-order chi connectivity index (χ1) is 5.85. The average Bonchev–Trinajstić information content (AvgIpc) is 2.11. The molecule has 0 aromatic heterocycles.